The normalized spacial score (nSPS) is 10.7. The lowest BCUT2D eigenvalue weighted by Gasteiger charge is -2.14. The predicted octanol–water partition coefficient (Wildman–Crippen LogP) is 3.62. The number of aryl methyl sites for hydroxylation is 2. The van der Waals surface area contributed by atoms with E-state index in [-0.39, 0.29) is 16.9 Å². The molecule has 4 aromatic rings. The molecule has 0 aliphatic rings. The minimum Gasteiger partial charge on any atom is -0.382 e. The second-order valence-electron chi connectivity index (χ2n) is 7.29. The largest absolute Gasteiger partial charge is 0.382 e. The number of carbonyl (C=O) groups excluding carboxylic acids is 1. The quantitative estimate of drug-likeness (QED) is 0.350. The van der Waals surface area contributed by atoms with E-state index in [1.807, 2.05) is 60.0 Å². The molecule has 8 nitrogen and oxygen atoms in total. The summed E-state index contributed by atoms with van der Waals surface area (Å²) in [5.41, 5.74) is 14.1. The topological polar surface area (TPSA) is 144 Å². The summed E-state index contributed by atoms with van der Waals surface area (Å²) in [4.78, 5) is 23.8. The molecular weight excluding hydrogens is 416 g/mol. The number of H-pyrrole nitrogens is 1. The van der Waals surface area contributed by atoms with E-state index in [2.05, 4.69) is 23.2 Å². The molecule has 0 unspecified atom stereocenters. The van der Waals surface area contributed by atoms with E-state index in [9.17, 15) is 9.59 Å². The molecule has 168 valence electrons. The Morgan fingerprint density at radius 1 is 1.18 bits per heavy atom. The Balaban J connectivity index is 0.000000205. The molecule has 0 saturated carbocycles. The molecule has 0 bridgehead atoms. The minimum atomic E-state index is -0.643. The van der Waals surface area contributed by atoms with Gasteiger partial charge in [-0.05, 0) is 54.6 Å². The summed E-state index contributed by atoms with van der Waals surface area (Å²) < 4.78 is 1.83. The van der Waals surface area contributed by atoms with Crippen LogP contribution in [0, 0.1) is 12.3 Å². The molecule has 4 rings (SSSR count). The number of para-hydroxylation sites is 1. The molecule has 6 N–H and O–H groups in total. The lowest BCUT2D eigenvalue weighted by molar-refractivity contribution is 0.100. The minimum absolute atomic E-state index is 0.0668. The van der Waals surface area contributed by atoms with E-state index in [4.69, 9.17) is 16.9 Å². The fraction of sp³-hybridized carbons (Fsp3) is 0.120. The number of pyridine rings is 1. The van der Waals surface area contributed by atoms with Crippen molar-refractivity contribution in [2.24, 2.45) is 5.73 Å². The van der Waals surface area contributed by atoms with Crippen LogP contribution in [0.1, 0.15) is 34.2 Å². The van der Waals surface area contributed by atoms with Crippen molar-refractivity contribution in [3.05, 3.63) is 93.5 Å². The Bertz CT molecular complexity index is 1380. The number of amides is 1. The Morgan fingerprint density at radius 2 is 1.91 bits per heavy atom. The average Bonchev–Trinajstić information content (AvgIpc) is 3.18. The molecule has 0 aliphatic carbocycles. The molecule has 0 aliphatic heterocycles. The fourth-order valence-corrected chi connectivity index (χ4v) is 3.60. The van der Waals surface area contributed by atoms with E-state index in [1.54, 1.807) is 0 Å². The molecule has 2 aromatic heterocycles. The summed E-state index contributed by atoms with van der Waals surface area (Å²) in [6.07, 6.45) is 4.83. The Labute approximate surface area is 191 Å². The van der Waals surface area contributed by atoms with E-state index < -0.39 is 5.91 Å². The van der Waals surface area contributed by atoms with E-state index in [1.165, 1.54) is 12.2 Å². The van der Waals surface area contributed by atoms with Crippen LogP contribution in [-0.4, -0.2) is 26.9 Å². The second kappa shape index (κ2) is 10.2. The van der Waals surface area contributed by atoms with Gasteiger partial charge in [0, 0.05) is 17.6 Å². The Morgan fingerprint density at radius 3 is 2.55 bits per heavy atom. The number of rotatable bonds is 5. The van der Waals surface area contributed by atoms with Gasteiger partial charge in [0.25, 0.3) is 11.5 Å². The fourth-order valence-electron chi connectivity index (χ4n) is 3.60. The third-order valence-corrected chi connectivity index (χ3v) is 5.14. The number of primary amides is 1. The van der Waals surface area contributed by atoms with Gasteiger partial charge in [-0.15, -0.1) is 0 Å². The lowest BCUT2D eigenvalue weighted by Crippen LogP contribution is -2.22. The monoisotopic (exact) mass is 442 g/mol. The lowest BCUT2D eigenvalue weighted by atomic mass is 10.1. The maximum atomic E-state index is 12.9. The maximum Gasteiger partial charge on any atom is 0.263 e. The molecule has 0 spiro atoms. The SMILES string of the molecule is CCc1cc2cccc(C)c2c(=O)n1-c1ccccc1.N=C/C=C\c1[nH]nc(N)c1C(N)=O. The first-order valence-corrected chi connectivity index (χ1v) is 10.4. The van der Waals surface area contributed by atoms with Crippen molar-refractivity contribution in [2.45, 2.75) is 20.3 Å². The summed E-state index contributed by atoms with van der Waals surface area (Å²) in [6, 6.07) is 18.0. The van der Waals surface area contributed by atoms with Gasteiger partial charge in [0.1, 0.15) is 5.56 Å². The van der Waals surface area contributed by atoms with Crippen molar-refractivity contribution < 1.29 is 4.79 Å². The number of aromatic amines is 1. The zero-order valence-electron chi connectivity index (χ0n) is 18.5. The number of fused-ring (bicyclic) bond motifs is 1. The van der Waals surface area contributed by atoms with Gasteiger partial charge in [-0.25, -0.2) is 0 Å². The van der Waals surface area contributed by atoms with Crippen LogP contribution in [0.5, 0.6) is 0 Å². The summed E-state index contributed by atoms with van der Waals surface area (Å²) in [5.74, 6) is -0.576. The Hall–Kier alpha value is -4.46. The van der Waals surface area contributed by atoms with Crippen LogP contribution in [-0.2, 0) is 6.42 Å². The predicted molar refractivity (Wildman–Crippen MR) is 133 cm³/mol. The third-order valence-electron chi connectivity index (χ3n) is 5.14. The van der Waals surface area contributed by atoms with Crippen LogP contribution in [0.15, 0.2) is 65.5 Å². The summed E-state index contributed by atoms with van der Waals surface area (Å²) >= 11 is 0. The van der Waals surface area contributed by atoms with Gasteiger partial charge in [-0.3, -0.25) is 19.3 Å². The smallest absolute Gasteiger partial charge is 0.263 e. The molecule has 2 heterocycles. The Kier molecular flexibility index (Phi) is 7.20. The van der Waals surface area contributed by atoms with Crippen molar-refractivity contribution in [1.29, 1.82) is 5.41 Å². The number of nitrogens with one attached hydrogen (secondary N) is 2. The van der Waals surface area contributed by atoms with Gasteiger partial charge < -0.3 is 16.9 Å². The first-order chi connectivity index (χ1) is 15.9. The summed E-state index contributed by atoms with van der Waals surface area (Å²) in [7, 11) is 0. The number of nitrogens with zero attached hydrogens (tertiary/aromatic N) is 2. The highest BCUT2D eigenvalue weighted by atomic mass is 16.1. The number of anilines is 1. The number of nitrogens with two attached hydrogens (primary N) is 2. The number of benzene rings is 2. The molecule has 0 saturated heterocycles. The van der Waals surface area contributed by atoms with Crippen molar-refractivity contribution in [3.63, 3.8) is 0 Å². The highest BCUT2D eigenvalue weighted by molar-refractivity contribution is 6.00. The number of carbonyl (C=O) groups is 1. The van der Waals surface area contributed by atoms with Gasteiger partial charge in [-0.1, -0.05) is 43.3 Å². The number of hydrogen-bond acceptors (Lipinski definition) is 5. The maximum absolute atomic E-state index is 12.9. The molecule has 1 amide bonds. The number of nitrogen functional groups attached to an aromatic ring is 1. The highest BCUT2D eigenvalue weighted by Crippen LogP contribution is 2.19. The number of aromatic nitrogens is 3. The summed E-state index contributed by atoms with van der Waals surface area (Å²) in [6.45, 7) is 4.07. The summed E-state index contributed by atoms with van der Waals surface area (Å²) in [5, 5.41) is 14.7. The van der Waals surface area contributed by atoms with Crippen LogP contribution in [0.2, 0.25) is 0 Å². The van der Waals surface area contributed by atoms with Crippen molar-refractivity contribution in [1.82, 2.24) is 14.8 Å². The highest BCUT2D eigenvalue weighted by Gasteiger charge is 2.13. The van der Waals surface area contributed by atoms with Crippen molar-refractivity contribution in [2.75, 3.05) is 5.73 Å². The number of allylic oxidation sites excluding steroid dienone is 1. The molecule has 8 heteroatoms. The van der Waals surface area contributed by atoms with Gasteiger partial charge in [-0.2, -0.15) is 5.10 Å². The van der Waals surface area contributed by atoms with Gasteiger partial charge in [0.05, 0.1) is 11.1 Å². The van der Waals surface area contributed by atoms with Gasteiger partial charge in [0.2, 0.25) is 0 Å². The molecule has 0 fully saturated rings. The van der Waals surface area contributed by atoms with Gasteiger partial charge >= 0.3 is 0 Å². The van der Waals surface area contributed by atoms with Crippen molar-refractivity contribution in [3.8, 4) is 5.69 Å². The third kappa shape index (κ3) is 4.90. The van der Waals surface area contributed by atoms with E-state index >= 15 is 0 Å². The van der Waals surface area contributed by atoms with Crippen LogP contribution < -0.4 is 17.0 Å². The zero-order chi connectivity index (χ0) is 24.0. The van der Waals surface area contributed by atoms with Crippen LogP contribution in [0.4, 0.5) is 5.82 Å². The average molecular weight is 443 g/mol. The van der Waals surface area contributed by atoms with Crippen LogP contribution >= 0.6 is 0 Å². The molecule has 33 heavy (non-hydrogen) atoms. The van der Waals surface area contributed by atoms with Crippen LogP contribution in [0.3, 0.4) is 0 Å². The standard InChI is InChI=1S/C18H17NO.C7H9N5O/c1-3-15-12-14-9-7-8-13(2)17(14)18(20)19(15)16-10-5-4-6-11-16;8-3-1-2-4-5(7(10)13)6(9)12-11-4/h4-12H,3H2,1-2H3;1-3,8H,(H2,10,13)(H3,9,11,12)/b;2-1-,8-3?. The van der Waals surface area contributed by atoms with E-state index in [0.29, 0.717) is 5.69 Å². The van der Waals surface area contributed by atoms with Gasteiger partial charge in [0.15, 0.2) is 5.82 Å². The molecule has 2 aromatic carbocycles. The van der Waals surface area contributed by atoms with Crippen LogP contribution in [0.25, 0.3) is 22.5 Å². The molecule has 0 radical (unpaired) electrons. The first-order valence-electron chi connectivity index (χ1n) is 10.4. The zero-order valence-corrected chi connectivity index (χ0v) is 18.5. The first kappa shape index (κ1) is 23.2. The van der Waals surface area contributed by atoms with Crippen molar-refractivity contribution >= 4 is 34.8 Å². The molecule has 0 atom stereocenters. The molecular formula is C25H26N6O2. The van der Waals surface area contributed by atoms with E-state index in [0.717, 1.165) is 40.4 Å². The number of hydrogen-bond donors (Lipinski definition) is 4. The second-order valence-corrected chi connectivity index (χ2v) is 7.29.